The van der Waals surface area contributed by atoms with E-state index in [1.807, 2.05) is 31.2 Å². The highest BCUT2D eigenvalue weighted by molar-refractivity contribution is 6.01. The maximum Gasteiger partial charge on any atom is 0.297 e. The van der Waals surface area contributed by atoms with Crippen molar-refractivity contribution in [2.45, 2.75) is 25.8 Å². The number of anilines is 1. The Balaban J connectivity index is 1.73. The molecule has 20 heavy (non-hydrogen) atoms. The number of amides is 1. The van der Waals surface area contributed by atoms with E-state index in [4.69, 9.17) is 4.52 Å². The summed E-state index contributed by atoms with van der Waals surface area (Å²) in [6, 6.07) is 7.63. The molecule has 1 aromatic carbocycles. The number of rotatable bonds is 3. The fourth-order valence-corrected chi connectivity index (χ4v) is 2.26. The van der Waals surface area contributed by atoms with Gasteiger partial charge in [0.2, 0.25) is 5.89 Å². The number of hydrogen-bond donors (Lipinski definition) is 2. The van der Waals surface area contributed by atoms with Crippen molar-refractivity contribution < 1.29 is 9.32 Å². The van der Waals surface area contributed by atoms with Gasteiger partial charge in [0, 0.05) is 5.69 Å². The van der Waals surface area contributed by atoms with Crippen LogP contribution >= 0.6 is 0 Å². The Morgan fingerprint density at radius 1 is 1.45 bits per heavy atom. The van der Waals surface area contributed by atoms with E-state index >= 15 is 0 Å². The molecule has 2 heterocycles. The molecule has 6 heteroatoms. The van der Waals surface area contributed by atoms with Crippen LogP contribution in [0.25, 0.3) is 0 Å². The monoisotopic (exact) mass is 272 g/mol. The summed E-state index contributed by atoms with van der Waals surface area (Å²) in [6.07, 6.45) is 2.04. The van der Waals surface area contributed by atoms with E-state index in [1.165, 1.54) is 0 Å². The van der Waals surface area contributed by atoms with E-state index in [2.05, 4.69) is 20.8 Å². The topological polar surface area (TPSA) is 80.0 Å². The van der Waals surface area contributed by atoms with Crippen molar-refractivity contribution in [2.75, 3.05) is 11.9 Å². The fraction of sp³-hybridized carbons (Fsp3) is 0.357. The zero-order valence-corrected chi connectivity index (χ0v) is 11.2. The van der Waals surface area contributed by atoms with Gasteiger partial charge in [-0.05, 0) is 37.9 Å². The molecular weight excluding hydrogens is 256 g/mol. The number of para-hydroxylation sites is 1. The van der Waals surface area contributed by atoms with Crippen molar-refractivity contribution in [3.05, 3.63) is 41.5 Å². The summed E-state index contributed by atoms with van der Waals surface area (Å²) in [5.74, 6) is 0.196. The first-order chi connectivity index (χ1) is 9.74. The molecule has 0 radical (unpaired) electrons. The minimum absolute atomic E-state index is 0.0666. The predicted octanol–water partition coefficient (Wildman–Crippen LogP) is 2.05. The molecule has 104 valence electrons. The Kier molecular flexibility index (Phi) is 3.47. The molecule has 0 bridgehead atoms. The first-order valence-corrected chi connectivity index (χ1v) is 6.68. The van der Waals surface area contributed by atoms with E-state index < -0.39 is 0 Å². The molecule has 1 fully saturated rings. The number of aromatic nitrogens is 2. The predicted molar refractivity (Wildman–Crippen MR) is 73.4 cm³/mol. The van der Waals surface area contributed by atoms with Crippen LogP contribution in [0.3, 0.4) is 0 Å². The highest BCUT2D eigenvalue weighted by Gasteiger charge is 2.24. The first-order valence-electron chi connectivity index (χ1n) is 6.68. The molecule has 1 aliphatic rings. The largest absolute Gasteiger partial charge is 0.337 e. The molecule has 1 aliphatic heterocycles. The molecule has 0 spiro atoms. The summed E-state index contributed by atoms with van der Waals surface area (Å²) in [5.41, 5.74) is 1.74. The Morgan fingerprint density at radius 2 is 2.30 bits per heavy atom. The average Bonchev–Trinajstić information content (AvgIpc) is 3.11. The number of benzene rings is 1. The van der Waals surface area contributed by atoms with Gasteiger partial charge in [0.15, 0.2) is 0 Å². The first kappa shape index (κ1) is 12.8. The summed E-state index contributed by atoms with van der Waals surface area (Å²) < 4.78 is 5.15. The summed E-state index contributed by atoms with van der Waals surface area (Å²) in [4.78, 5) is 16.2. The average molecular weight is 272 g/mol. The molecule has 2 N–H and O–H groups in total. The number of carbonyl (C=O) groups is 1. The van der Waals surface area contributed by atoms with Gasteiger partial charge in [-0.1, -0.05) is 23.4 Å². The lowest BCUT2D eigenvalue weighted by atomic mass is 10.2. The van der Waals surface area contributed by atoms with Crippen LogP contribution in [0.2, 0.25) is 0 Å². The summed E-state index contributed by atoms with van der Waals surface area (Å²) in [7, 11) is 0. The molecule has 6 nitrogen and oxygen atoms in total. The van der Waals surface area contributed by atoms with Crippen LogP contribution in [0.1, 0.15) is 41.0 Å². The molecule has 0 aliphatic carbocycles. The maximum absolute atomic E-state index is 12.1. The van der Waals surface area contributed by atoms with Gasteiger partial charge in [0.1, 0.15) is 0 Å². The zero-order chi connectivity index (χ0) is 13.9. The summed E-state index contributed by atoms with van der Waals surface area (Å²) in [5, 5.41) is 9.79. The van der Waals surface area contributed by atoms with Gasteiger partial charge in [-0.15, -0.1) is 0 Å². The molecule has 1 aromatic heterocycles. The van der Waals surface area contributed by atoms with Crippen molar-refractivity contribution in [3.8, 4) is 0 Å². The van der Waals surface area contributed by atoms with E-state index in [-0.39, 0.29) is 17.8 Å². The summed E-state index contributed by atoms with van der Waals surface area (Å²) >= 11 is 0. The van der Waals surface area contributed by atoms with Crippen LogP contribution in [0.15, 0.2) is 28.8 Å². The van der Waals surface area contributed by atoms with Gasteiger partial charge >= 0.3 is 0 Å². The Morgan fingerprint density at radius 3 is 3.05 bits per heavy atom. The quantitative estimate of drug-likeness (QED) is 0.894. The van der Waals surface area contributed by atoms with Crippen LogP contribution in [-0.4, -0.2) is 22.6 Å². The van der Waals surface area contributed by atoms with Gasteiger partial charge < -0.3 is 15.2 Å². The molecule has 2 aromatic rings. The second-order valence-corrected chi connectivity index (χ2v) is 4.87. The highest BCUT2D eigenvalue weighted by Crippen LogP contribution is 2.21. The Labute approximate surface area is 116 Å². The van der Waals surface area contributed by atoms with Crippen molar-refractivity contribution >= 4 is 11.6 Å². The second-order valence-electron chi connectivity index (χ2n) is 4.87. The molecule has 1 saturated heterocycles. The van der Waals surface area contributed by atoms with Crippen molar-refractivity contribution in [2.24, 2.45) is 0 Å². The Hall–Kier alpha value is -2.21. The molecular formula is C14H16N4O2. The van der Waals surface area contributed by atoms with Gasteiger partial charge in [-0.25, -0.2) is 0 Å². The molecule has 0 saturated carbocycles. The van der Waals surface area contributed by atoms with Gasteiger partial charge in [-0.2, -0.15) is 4.98 Å². The van der Waals surface area contributed by atoms with Crippen LogP contribution in [-0.2, 0) is 0 Å². The molecule has 1 atom stereocenters. The lowest BCUT2D eigenvalue weighted by Crippen LogP contribution is -2.16. The minimum Gasteiger partial charge on any atom is -0.337 e. The third kappa shape index (κ3) is 2.55. The number of hydrogen-bond acceptors (Lipinski definition) is 5. The van der Waals surface area contributed by atoms with Crippen molar-refractivity contribution in [1.82, 2.24) is 15.5 Å². The standard InChI is InChI=1S/C14H16N4O2/c1-9-5-2-3-6-10(9)16-13(19)12-17-14(20-18-12)11-7-4-8-15-11/h2-3,5-6,11,15H,4,7-8H2,1H3,(H,16,19). The second kappa shape index (κ2) is 5.42. The number of aryl methyl sites for hydroxylation is 1. The van der Waals surface area contributed by atoms with Gasteiger partial charge in [-0.3, -0.25) is 4.79 Å². The number of carbonyl (C=O) groups excluding carboxylic acids is 1. The van der Waals surface area contributed by atoms with Crippen molar-refractivity contribution in [1.29, 1.82) is 0 Å². The zero-order valence-electron chi connectivity index (χ0n) is 11.2. The molecule has 1 amide bonds. The van der Waals surface area contributed by atoms with Crippen LogP contribution < -0.4 is 10.6 Å². The van der Waals surface area contributed by atoms with Gasteiger partial charge in [0.05, 0.1) is 6.04 Å². The summed E-state index contributed by atoms with van der Waals surface area (Å²) in [6.45, 7) is 2.87. The maximum atomic E-state index is 12.1. The third-order valence-electron chi connectivity index (χ3n) is 3.40. The van der Waals surface area contributed by atoms with Gasteiger partial charge in [0.25, 0.3) is 11.7 Å². The molecule has 1 unspecified atom stereocenters. The normalized spacial score (nSPS) is 18.1. The van der Waals surface area contributed by atoms with E-state index in [1.54, 1.807) is 0 Å². The van der Waals surface area contributed by atoms with Crippen molar-refractivity contribution in [3.63, 3.8) is 0 Å². The SMILES string of the molecule is Cc1ccccc1NC(=O)c1noc(C2CCCN2)n1. The van der Waals surface area contributed by atoms with Crippen LogP contribution in [0.5, 0.6) is 0 Å². The lowest BCUT2D eigenvalue weighted by molar-refractivity contribution is 0.101. The highest BCUT2D eigenvalue weighted by atomic mass is 16.5. The fourth-order valence-electron chi connectivity index (χ4n) is 2.26. The number of nitrogens with zero attached hydrogens (tertiary/aromatic N) is 2. The van der Waals surface area contributed by atoms with Crippen LogP contribution in [0, 0.1) is 6.92 Å². The van der Waals surface area contributed by atoms with E-state index in [9.17, 15) is 4.79 Å². The van der Waals surface area contributed by atoms with E-state index in [0.29, 0.717) is 5.89 Å². The number of nitrogens with one attached hydrogen (secondary N) is 2. The van der Waals surface area contributed by atoms with Crippen LogP contribution in [0.4, 0.5) is 5.69 Å². The van der Waals surface area contributed by atoms with E-state index in [0.717, 1.165) is 30.6 Å². The molecule has 3 rings (SSSR count). The Bertz CT molecular complexity index is 617. The third-order valence-corrected chi connectivity index (χ3v) is 3.40. The lowest BCUT2D eigenvalue weighted by Gasteiger charge is -2.05. The minimum atomic E-state index is -0.354. The smallest absolute Gasteiger partial charge is 0.297 e.